The number of nitrogens with zero attached hydrogens (tertiary/aromatic N) is 3. The van der Waals surface area contributed by atoms with Crippen LogP contribution in [0.1, 0.15) is 30.0 Å². The number of piperazine rings is 1. The van der Waals surface area contributed by atoms with Gasteiger partial charge in [0, 0.05) is 44.7 Å². The lowest BCUT2D eigenvalue weighted by Gasteiger charge is -2.36. The lowest BCUT2D eigenvalue weighted by Crippen LogP contribution is -2.54. The lowest BCUT2D eigenvalue weighted by molar-refractivity contribution is 0.0694. The minimum Gasteiger partial charge on any atom is -0.497 e. The first-order valence-electron chi connectivity index (χ1n) is 9.45. The van der Waals surface area contributed by atoms with Gasteiger partial charge >= 0.3 is 0 Å². The monoisotopic (exact) mass is 409 g/mol. The molecular weight excluding hydrogens is 382 g/mol. The van der Waals surface area contributed by atoms with Crippen LogP contribution < -0.4 is 4.74 Å². The first kappa shape index (κ1) is 20.6. The average molecular weight is 410 g/mol. The van der Waals surface area contributed by atoms with Gasteiger partial charge in [0.05, 0.1) is 12.7 Å². The maximum atomic E-state index is 13.1. The fourth-order valence-electron chi connectivity index (χ4n) is 3.59. The van der Waals surface area contributed by atoms with Crippen LogP contribution in [-0.4, -0.2) is 74.2 Å². The van der Waals surface area contributed by atoms with Crippen molar-refractivity contribution in [2.24, 2.45) is 0 Å². The topological polar surface area (TPSA) is 83.3 Å². The molecule has 1 aromatic carbocycles. The average Bonchev–Trinajstić information content (AvgIpc) is 3.03. The van der Waals surface area contributed by atoms with Crippen LogP contribution in [0.5, 0.6) is 5.75 Å². The number of rotatable bonds is 6. The number of furan rings is 1. The third-order valence-electron chi connectivity index (χ3n) is 5.17. The maximum Gasteiger partial charge on any atom is 0.282 e. The largest absolute Gasteiger partial charge is 0.497 e. The highest BCUT2D eigenvalue weighted by atomic mass is 32.2. The van der Waals surface area contributed by atoms with Crippen molar-refractivity contribution in [2.75, 3.05) is 46.4 Å². The number of hydrogen-bond donors (Lipinski definition) is 0. The first-order valence-corrected chi connectivity index (χ1v) is 10.8. The van der Waals surface area contributed by atoms with Crippen molar-refractivity contribution in [3.63, 3.8) is 0 Å². The summed E-state index contributed by atoms with van der Waals surface area (Å²) < 4.78 is 39.2. The molecule has 1 aliphatic rings. The molecule has 0 atom stereocenters. The molecule has 154 valence electrons. The predicted octanol–water partition coefficient (Wildman–Crippen LogP) is 2.09. The van der Waals surface area contributed by atoms with Gasteiger partial charge in [-0.1, -0.05) is 13.8 Å². The Hall–Kier alpha value is -2.10. The van der Waals surface area contributed by atoms with Crippen LogP contribution in [0.3, 0.4) is 0 Å². The number of carbonyl (C=O) groups excluding carboxylic acids is 1. The zero-order valence-electron chi connectivity index (χ0n) is 16.8. The van der Waals surface area contributed by atoms with Gasteiger partial charge in [0.1, 0.15) is 17.1 Å². The van der Waals surface area contributed by atoms with Crippen LogP contribution in [0.15, 0.2) is 22.6 Å². The lowest BCUT2D eigenvalue weighted by atomic mass is 10.1. The van der Waals surface area contributed by atoms with E-state index in [9.17, 15) is 13.2 Å². The van der Waals surface area contributed by atoms with E-state index >= 15 is 0 Å². The highest BCUT2D eigenvalue weighted by Gasteiger charge is 2.33. The van der Waals surface area contributed by atoms with Crippen LogP contribution in [0.25, 0.3) is 11.0 Å². The highest BCUT2D eigenvalue weighted by molar-refractivity contribution is 7.86. The first-order chi connectivity index (χ1) is 13.3. The van der Waals surface area contributed by atoms with Crippen molar-refractivity contribution >= 4 is 27.1 Å². The summed E-state index contributed by atoms with van der Waals surface area (Å²) in [7, 11) is -1.91. The fraction of sp³-hybridized carbons (Fsp3) is 0.526. The summed E-state index contributed by atoms with van der Waals surface area (Å²) in [6, 6.07) is 5.36. The Labute approximate surface area is 165 Å². The minimum absolute atomic E-state index is 0.149. The zero-order valence-corrected chi connectivity index (χ0v) is 17.6. The number of hydrogen-bond acceptors (Lipinski definition) is 5. The third-order valence-corrected chi connectivity index (χ3v) is 7.36. The van der Waals surface area contributed by atoms with Crippen LogP contribution in [0.4, 0.5) is 0 Å². The molecule has 0 radical (unpaired) electrons. The standard InChI is InChI=1S/C19H27N3O5S/c1-5-21(6-2)28(24,25)22-11-9-20(10-12-22)19(23)18-14(3)27-17-8-7-15(26-4)13-16(17)18/h7-8,13H,5-6,9-12H2,1-4H3. The van der Waals surface area contributed by atoms with E-state index in [0.29, 0.717) is 54.2 Å². The summed E-state index contributed by atoms with van der Waals surface area (Å²) in [4.78, 5) is 14.8. The number of benzene rings is 1. The van der Waals surface area contributed by atoms with Crippen molar-refractivity contribution in [2.45, 2.75) is 20.8 Å². The van der Waals surface area contributed by atoms with Gasteiger partial charge in [-0.15, -0.1) is 0 Å². The molecule has 1 fully saturated rings. The summed E-state index contributed by atoms with van der Waals surface area (Å²) >= 11 is 0. The van der Waals surface area contributed by atoms with Crippen molar-refractivity contribution in [3.8, 4) is 5.75 Å². The van der Waals surface area contributed by atoms with Crippen LogP contribution >= 0.6 is 0 Å². The zero-order chi connectivity index (χ0) is 20.5. The number of ether oxygens (including phenoxy) is 1. The molecule has 9 heteroatoms. The molecule has 3 rings (SSSR count). The van der Waals surface area contributed by atoms with Gasteiger partial charge in [-0.3, -0.25) is 4.79 Å². The van der Waals surface area contributed by atoms with Crippen molar-refractivity contribution in [3.05, 3.63) is 29.5 Å². The van der Waals surface area contributed by atoms with Gasteiger partial charge in [-0.05, 0) is 25.1 Å². The molecule has 0 bridgehead atoms. The Morgan fingerprint density at radius 3 is 2.39 bits per heavy atom. The fourth-order valence-corrected chi connectivity index (χ4v) is 5.19. The molecule has 1 amide bonds. The molecule has 1 aromatic heterocycles. The van der Waals surface area contributed by atoms with E-state index in [0.717, 1.165) is 0 Å². The highest BCUT2D eigenvalue weighted by Crippen LogP contribution is 2.30. The van der Waals surface area contributed by atoms with E-state index in [1.807, 2.05) is 13.8 Å². The second kappa shape index (κ2) is 8.10. The Morgan fingerprint density at radius 2 is 1.82 bits per heavy atom. The molecule has 0 aliphatic carbocycles. The maximum absolute atomic E-state index is 13.1. The molecule has 0 saturated carbocycles. The molecule has 2 aromatic rings. The van der Waals surface area contributed by atoms with Crippen LogP contribution in [-0.2, 0) is 10.2 Å². The smallest absolute Gasteiger partial charge is 0.282 e. The van der Waals surface area contributed by atoms with Crippen LogP contribution in [0.2, 0.25) is 0 Å². The normalized spacial score (nSPS) is 16.1. The summed E-state index contributed by atoms with van der Waals surface area (Å²) in [6.45, 7) is 7.51. The number of aryl methyl sites for hydroxylation is 1. The molecule has 8 nitrogen and oxygen atoms in total. The van der Waals surface area contributed by atoms with E-state index in [1.54, 1.807) is 37.1 Å². The predicted molar refractivity (Wildman–Crippen MR) is 107 cm³/mol. The summed E-state index contributed by atoms with van der Waals surface area (Å²) in [5, 5.41) is 0.708. The number of carbonyl (C=O) groups is 1. The Bertz CT molecular complexity index is 957. The van der Waals surface area contributed by atoms with Crippen LogP contribution in [0, 0.1) is 6.92 Å². The van der Waals surface area contributed by atoms with E-state index in [-0.39, 0.29) is 19.0 Å². The molecule has 0 N–H and O–H groups in total. The summed E-state index contributed by atoms with van der Waals surface area (Å²) in [5.74, 6) is 1.05. The van der Waals surface area contributed by atoms with E-state index in [4.69, 9.17) is 9.15 Å². The molecule has 28 heavy (non-hydrogen) atoms. The van der Waals surface area contributed by atoms with Gasteiger partial charge in [0.15, 0.2) is 0 Å². The Kier molecular flexibility index (Phi) is 5.97. The van der Waals surface area contributed by atoms with Crippen molar-refractivity contribution in [1.82, 2.24) is 13.5 Å². The Balaban J connectivity index is 1.79. The summed E-state index contributed by atoms with van der Waals surface area (Å²) in [6.07, 6.45) is 0. The van der Waals surface area contributed by atoms with E-state index in [2.05, 4.69) is 0 Å². The Morgan fingerprint density at radius 1 is 1.18 bits per heavy atom. The number of amides is 1. The van der Waals surface area contributed by atoms with Crippen molar-refractivity contribution in [1.29, 1.82) is 0 Å². The number of methoxy groups -OCH3 is 1. The molecule has 0 unspecified atom stereocenters. The number of fused-ring (bicyclic) bond motifs is 1. The molecule has 2 heterocycles. The molecular formula is C19H27N3O5S. The SMILES string of the molecule is CCN(CC)S(=O)(=O)N1CCN(C(=O)c2c(C)oc3ccc(OC)cc23)CC1. The van der Waals surface area contributed by atoms with Gasteiger partial charge in [0.2, 0.25) is 0 Å². The third kappa shape index (κ3) is 3.61. The minimum atomic E-state index is -3.49. The van der Waals surface area contributed by atoms with E-state index < -0.39 is 10.2 Å². The second-order valence-electron chi connectivity index (χ2n) is 6.68. The van der Waals surface area contributed by atoms with Gasteiger partial charge in [-0.25, -0.2) is 0 Å². The second-order valence-corrected chi connectivity index (χ2v) is 8.61. The molecule has 1 aliphatic heterocycles. The van der Waals surface area contributed by atoms with Crippen molar-refractivity contribution < 1.29 is 22.4 Å². The van der Waals surface area contributed by atoms with Gasteiger partial charge in [0.25, 0.3) is 16.1 Å². The molecule has 1 saturated heterocycles. The van der Waals surface area contributed by atoms with Gasteiger partial charge < -0.3 is 14.1 Å². The molecule has 0 spiro atoms. The summed E-state index contributed by atoms with van der Waals surface area (Å²) in [5.41, 5.74) is 1.14. The van der Waals surface area contributed by atoms with E-state index in [1.165, 1.54) is 8.61 Å². The van der Waals surface area contributed by atoms with Gasteiger partial charge in [-0.2, -0.15) is 17.0 Å². The quantitative estimate of drug-likeness (QED) is 0.730.